The molecule has 0 saturated carbocycles. The molecule has 0 atom stereocenters. The molecule has 0 aliphatic rings. The maximum absolute atomic E-state index is 14.8. The van der Waals surface area contributed by atoms with Gasteiger partial charge in [-0.3, -0.25) is 4.72 Å². The van der Waals surface area contributed by atoms with Crippen LogP contribution in [0.4, 0.5) is 20.4 Å². The molecule has 0 unspecified atom stereocenters. The molecular formula is C19H13ClF2N4O3S. The van der Waals surface area contributed by atoms with Gasteiger partial charge in [-0.05, 0) is 30.3 Å². The van der Waals surface area contributed by atoms with Gasteiger partial charge in [0.05, 0.1) is 23.9 Å². The Morgan fingerprint density at radius 1 is 1.13 bits per heavy atom. The summed E-state index contributed by atoms with van der Waals surface area (Å²) >= 11 is 5.86. The molecule has 2 aromatic carbocycles. The van der Waals surface area contributed by atoms with Crippen LogP contribution in [0.5, 0.6) is 5.75 Å². The average molecular weight is 451 g/mol. The van der Waals surface area contributed by atoms with E-state index in [0.29, 0.717) is 0 Å². The zero-order valence-electron chi connectivity index (χ0n) is 15.3. The van der Waals surface area contributed by atoms with Crippen molar-refractivity contribution >= 4 is 33.3 Å². The fraction of sp³-hybridized carbons (Fsp3) is 0.0526. The molecule has 0 radical (unpaired) electrons. The van der Waals surface area contributed by atoms with E-state index in [4.69, 9.17) is 22.1 Å². The number of rotatable bonds is 4. The van der Waals surface area contributed by atoms with Crippen molar-refractivity contribution in [3.63, 3.8) is 0 Å². The molecule has 1 aromatic heterocycles. The van der Waals surface area contributed by atoms with Gasteiger partial charge < -0.3 is 10.5 Å². The van der Waals surface area contributed by atoms with E-state index < -0.39 is 32.9 Å². The molecule has 30 heavy (non-hydrogen) atoms. The Labute approximate surface area is 175 Å². The predicted octanol–water partition coefficient (Wildman–Crippen LogP) is 3.20. The number of halogens is 3. The lowest BCUT2D eigenvalue weighted by Crippen LogP contribution is -2.15. The van der Waals surface area contributed by atoms with Gasteiger partial charge in [-0.15, -0.1) is 0 Å². The van der Waals surface area contributed by atoms with Gasteiger partial charge in [-0.1, -0.05) is 23.4 Å². The number of nitrogens with one attached hydrogen (secondary N) is 1. The van der Waals surface area contributed by atoms with Gasteiger partial charge in [-0.2, -0.15) is 0 Å². The summed E-state index contributed by atoms with van der Waals surface area (Å²) in [5.74, 6) is 2.66. The van der Waals surface area contributed by atoms with Crippen LogP contribution in [0.3, 0.4) is 0 Å². The van der Waals surface area contributed by atoms with E-state index in [2.05, 4.69) is 26.5 Å². The van der Waals surface area contributed by atoms with Crippen molar-refractivity contribution in [2.24, 2.45) is 0 Å². The van der Waals surface area contributed by atoms with Crippen molar-refractivity contribution in [3.05, 3.63) is 70.5 Å². The van der Waals surface area contributed by atoms with Gasteiger partial charge in [0.2, 0.25) is 5.95 Å². The van der Waals surface area contributed by atoms with E-state index >= 15 is 0 Å². The Bertz CT molecular complexity index is 1270. The number of aromatic nitrogens is 2. The van der Waals surface area contributed by atoms with Crippen molar-refractivity contribution in [3.8, 4) is 17.6 Å². The monoisotopic (exact) mass is 450 g/mol. The predicted molar refractivity (Wildman–Crippen MR) is 108 cm³/mol. The zero-order chi connectivity index (χ0) is 21.9. The Hall–Kier alpha value is -3.42. The molecule has 7 nitrogen and oxygen atoms in total. The second-order valence-corrected chi connectivity index (χ2v) is 7.85. The number of methoxy groups -OCH3 is 1. The van der Waals surface area contributed by atoms with Gasteiger partial charge in [0.25, 0.3) is 10.0 Å². The van der Waals surface area contributed by atoms with E-state index in [1.807, 2.05) is 0 Å². The lowest BCUT2D eigenvalue weighted by Gasteiger charge is -2.13. The van der Waals surface area contributed by atoms with Crippen molar-refractivity contribution in [1.29, 1.82) is 0 Å². The number of hydrogen-bond acceptors (Lipinski definition) is 6. The molecule has 1 heterocycles. The summed E-state index contributed by atoms with van der Waals surface area (Å²) in [6, 6.07) is 5.76. The second-order valence-electron chi connectivity index (χ2n) is 5.76. The minimum atomic E-state index is -4.31. The summed E-state index contributed by atoms with van der Waals surface area (Å²) in [5, 5.41) is 0.132. The van der Waals surface area contributed by atoms with E-state index in [0.717, 1.165) is 18.2 Å². The molecular weight excluding hydrogens is 438 g/mol. The Kier molecular flexibility index (Phi) is 6.05. The first-order valence-electron chi connectivity index (χ1n) is 8.15. The number of ether oxygens (including phenoxy) is 1. The lowest BCUT2D eigenvalue weighted by molar-refractivity contribution is 0.403. The fourth-order valence-electron chi connectivity index (χ4n) is 2.34. The summed E-state index contributed by atoms with van der Waals surface area (Å²) in [4.78, 5) is 7.13. The van der Waals surface area contributed by atoms with E-state index in [1.54, 1.807) is 0 Å². The number of sulfonamides is 1. The van der Waals surface area contributed by atoms with Crippen LogP contribution >= 0.6 is 11.6 Å². The highest BCUT2D eigenvalue weighted by molar-refractivity contribution is 7.92. The van der Waals surface area contributed by atoms with Crippen LogP contribution in [0.2, 0.25) is 5.02 Å². The number of benzene rings is 2. The van der Waals surface area contributed by atoms with Crippen LogP contribution < -0.4 is 15.2 Å². The third-order valence-electron chi connectivity index (χ3n) is 3.75. The van der Waals surface area contributed by atoms with Crippen LogP contribution in [0, 0.1) is 23.5 Å². The molecule has 0 saturated heterocycles. The van der Waals surface area contributed by atoms with Crippen molar-refractivity contribution in [2.45, 2.75) is 4.90 Å². The maximum Gasteiger partial charge on any atom is 0.265 e. The zero-order valence-corrected chi connectivity index (χ0v) is 16.9. The first-order valence-corrected chi connectivity index (χ1v) is 10.0. The van der Waals surface area contributed by atoms with Crippen LogP contribution in [0.1, 0.15) is 11.1 Å². The number of nitrogen functional groups attached to an aromatic ring is 1. The van der Waals surface area contributed by atoms with Gasteiger partial charge in [0.15, 0.2) is 5.82 Å². The first kappa shape index (κ1) is 21.3. The SMILES string of the molecule is COc1ccc(Cl)cc1S(=O)(=O)Nc1ccc(F)c(C#Cc2cnc(N)nc2)c1F. The van der Waals surface area contributed by atoms with E-state index in [-0.39, 0.29) is 27.2 Å². The average Bonchev–Trinajstić information content (AvgIpc) is 2.71. The molecule has 0 spiro atoms. The van der Waals surface area contributed by atoms with Crippen LogP contribution in [-0.4, -0.2) is 25.5 Å². The molecule has 0 bridgehead atoms. The third-order valence-corrected chi connectivity index (χ3v) is 5.38. The van der Waals surface area contributed by atoms with Gasteiger partial charge >= 0.3 is 0 Å². The summed E-state index contributed by atoms with van der Waals surface area (Å²) < 4.78 is 61.5. The normalized spacial score (nSPS) is 10.8. The Morgan fingerprint density at radius 2 is 1.83 bits per heavy atom. The van der Waals surface area contributed by atoms with Gasteiger partial charge in [0.1, 0.15) is 16.5 Å². The molecule has 0 aliphatic carbocycles. The fourth-order valence-corrected chi connectivity index (χ4v) is 3.84. The first-order chi connectivity index (χ1) is 14.2. The summed E-state index contributed by atoms with van der Waals surface area (Å²) in [6.07, 6.45) is 2.56. The summed E-state index contributed by atoms with van der Waals surface area (Å²) in [7, 11) is -3.03. The standard InChI is InChI=1S/C19H13ClF2N4O3S/c1-29-16-7-3-12(20)8-17(16)30(27,28)26-15-6-5-14(21)13(18(15)22)4-2-11-9-24-19(23)25-10-11/h3,5-10,26H,1H3,(H2,23,24,25). The highest BCUT2D eigenvalue weighted by Crippen LogP contribution is 2.30. The largest absolute Gasteiger partial charge is 0.495 e. The Balaban J connectivity index is 2.00. The molecule has 0 fully saturated rings. The summed E-state index contributed by atoms with van der Waals surface area (Å²) in [6.45, 7) is 0. The lowest BCUT2D eigenvalue weighted by atomic mass is 10.1. The molecule has 3 N–H and O–H groups in total. The smallest absolute Gasteiger partial charge is 0.265 e. The number of nitrogens with zero attached hydrogens (tertiary/aromatic N) is 2. The molecule has 3 aromatic rings. The van der Waals surface area contributed by atoms with Gasteiger partial charge in [0, 0.05) is 17.4 Å². The molecule has 0 amide bonds. The highest BCUT2D eigenvalue weighted by Gasteiger charge is 2.23. The van der Waals surface area contributed by atoms with Crippen molar-refractivity contribution < 1.29 is 21.9 Å². The highest BCUT2D eigenvalue weighted by atomic mass is 35.5. The van der Waals surface area contributed by atoms with Crippen LogP contribution in [-0.2, 0) is 10.0 Å². The molecule has 11 heteroatoms. The topological polar surface area (TPSA) is 107 Å². The van der Waals surface area contributed by atoms with Crippen LogP contribution in [0.15, 0.2) is 47.6 Å². The minimum Gasteiger partial charge on any atom is -0.495 e. The minimum absolute atomic E-state index is 0.00205. The number of hydrogen-bond donors (Lipinski definition) is 2. The molecule has 0 aliphatic heterocycles. The molecule has 3 rings (SSSR count). The third kappa shape index (κ3) is 4.59. The van der Waals surface area contributed by atoms with Crippen molar-refractivity contribution in [1.82, 2.24) is 9.97 Å². The van der Waals surface area contributed by atoms with Gasteiger partial charge in [-0.25, -0.2) is 27.2 Å². The molecule has 154 valence electrons. The van der Waals surface area contributed by atoms with E-state index in [9.17, 15) is 17.2 Å². The number of anilines is 2. The van der Waals surface area contributed by atoms with Crippen molar-refractivity contribution in [2.75, 3.05) is 17.6 Å². The Morgan fingerprint density at radius 3 is 2.50 bits per heavy atom. The summed E-state index contributed by atoms with van der Waals surface area (Å²) in [5.41, 5.74) is 4.49. The quantitative estimate of drug-likeness (QED) is 0.591. The maximum atomic E-state index is 14.8. The van der Waals surface area contributed by atoms with E-state index in [1.165, 1.54) is 31.6 Å². The van der Waals surface area contributed by atoms with Crippen LogP contribution in [0.25, 0.3) is 0 Å². The number of nitrogens with two attached hydrogens (primary N) is 1. The second kappa shape index (κ2) is 8.52.